The van der Waals surface area contributed by atoms with E-state index in [1.807, 2.05) is 12.3 Å². The van der Waals surface area contributed by atoms with E-state index in [2.05, 4.69) is 35.1 Å². The molecule has 0 bridgehead atoms. The normalized spacial score (nSPS) is 14.8. The van der Waals surface area contributed by atoms with E-state index in [4.69, 9.17) is 0 Å². The smallest absolute Gasteiger partial charge is 0.0722 e. The molecule has 1 aromatic heterocycles. The fourth-order valence-corrected chi connectivity index (χ4v) is 2.12. The van der Waals surface area contributed by atoms with Crippen LogP contribution in [0, 0.1) is 0 Å². The second-order valence-electron chi connectivity index (χ2n) is 3.85. The Morgan fingerprint density at radius 2 is 2.29 bits per heavy atom. The van der Waals surface area contributed by atoms with Gasteiger partial charge in [0.05, 0.1) is 5.52 Å². The molecule has 0 atom stereocenters. The molecule has 70 valence electrons. The first-order chi connectivity index (χ1) is 6.84. The third-order valence-electron chi connectivity index (χ3n) is 2.93. The van der Waals surface area contributed by atoms with Crippen molar-refractivity contribution in [2.75, 3.05) is 18.5 Å². The zero-order valence-corrected chi connectivity index (χ0v) is 8.20. The van der Waals surface area contributed by atoms with E-state index in [0.717, 1.165) is 18.5 Å². The topological polar surface area (TPSA) is 16.1 Å². The maximum atomic E-state index is 4.37. The highest BCUT2D eigenvalue weighted by Crippen LogP contribution is 2.30. The van der Waals surface area contributed by atoms with Crippen LogP contribution in [0.4, 0.5) is 5.69 Å². The van der Waals surface area contributed by atoms with E-state index in [9.17, 15) is 0 Å². The van der Waals surface area contributed by atoms with Crippen molar-refractivity contribution in [1.29, 1.82) is 0 Å². The van der Waals surface area contributed by atoms with Crippen molar-refractivity contribution in [3.8, 4) is 0 Å². The van der Waals surface area contributed by atoms with Crippen LogP contribution in [0.25, 0.3) is 10.9 Å². The number of rotatable bonds is 0. The Morgan fingerprint density at radius 3 is 3.21 bits per heavy atom. The monoisotopic (exact) mass is 184 g/mol. The lowest BCUT2D eigenvalue weighted by Crippen LogP contribution is -2.12. The molecule has 0 aliphatic carbocycles. The summed E-state index contributed by atoms with van der Waals surface area (Å²) in [6, 6.07) is 8.58. The number of fused-ring (bicyclic) bond motifs is 2. The molecule has 0 spiro atoms. The zero-order chi connectivity index (χ0) is 9.54. The molecule has 2 heteroatoms. The Labute approximate surface area is 83.2 Å². The highest BCUT2D eigenvalue weighted by Gasteiger charge is 2.15. The third kappa shape index (κ3) is 1.00. The number of benzene rings is 1. The van der Waals surface area contributed by atoms with Crippen LogP contribution < -0.4 is 4.90 Å². The average molecular weight is 184 g/mol. The van der Waals surface area contributed by atoms with E-state index in [1.165, 1.54) is 16.6 Å². The molecule has 0 unspecified atom stereocenters. The van der Waals surface area contributed by atoms with Gasteiger partial charge in [-0.05, 0) is 30.2 Å². The van der Waals surface area contributed by atoms with Gasteiger partial charge in [-0.1, -0.05) is 6.07 Å². The summed E-state index contributed by atoms with van der Waals surface area (Å²) in [4.78, 5) is 6.66. The average Bonchev–Trinajstić information content (AvgIpc) is 2.57. The molecule has 0 radical (unpaired) electrons. The zero-order valence-electron chi connectivity index (χ0n) is 8.20. The predicted octanol–water partition coefficient (Wildman–Crippen LogP) is 2.23. The van der Waals surface area contributed by atoms with Crippen LogP contribution in [0.1, 0.15) is 5.56 Å². The van der Waals surface area contributed by atoms with Gasteiger partial charge in [0.2, 0.25) is 0 Å². The molecule has 0 saturated heterocycles. The molecule has 1 aliphatic heterocycles. The second-order valence-corrected chi connectivity index (χ2v) is 3.85. The molecule has 0 fully saturated rings. The maximum Gasteiger partial charge on any atom is 0.0722 e. The first-order valence-electron chi connectivity index (χ1n) is 4.93. The first kappa shape index (κ1) is 7.80. The lowest BCUT2D eigenvalue weighted by molar-refractivity contribution is 0.956. The summed E-state index contributed by atoms with van der Waals surface area (Å²) in [6.07, 6.45) is 3.01. The largest absolute Gasteiger partial charge is 0.374 e. The number of nitrogens with zero attached hydrogens (tertiary/aromatic N) is 2. The number of pyridine rings is 1. The fraction of sp³-hybridized carbons (Fsp3) is 0.250. The van der Waals surface area contributed by atoms with Gasteiger partial charge in [-0.2, -0.15) is 0 Å². The molecular weight excluding hydrogens is 172 g/mol. The van der Waals surface area contributed by atoms with Gasteiger partial charge in [-0.15, -0.1) is 0 Å². The van der Waals surface area contributed by atoms with Gasteiger partial charge in [0.25, 0.3) is 0 Å². The van der Waals surface area contributed by atoms with Crippen molar-refractivity contribution >= 4 is 16.6 Å². The van der Waals surface area contributed by atoms with E-state index in [-0.39, 0.29) is 0 Å². The van der Waals surface area contributed by atoms with Crippen LogP contribution in [0.2, 0.25) is 0 Å². The Kier molecular flexibility index (Phi) is 1.51. The molecule has 1 aliphatic rings. The van der Waals surface area contributed by atoms with E-state index >= 15 is 0 Å². The number of anilines is 1. The summed E-state index contributed by atoms with van der Waals surface area (Å²) < 4.78 is 0. The van der Waals surface area contributed by atoms with E-state index < -0.39 is 0 Å². The third-order valence-corrected chi connectivity index (χ3v) is 2.93. The highest BCUT2D eigenvalue weighted by molar-refractivity contribution is 5.84. The van der Waals surface area contributed by atoms with Gasteiger partial charge in [0.1, 0.15) is 0 Å². The Balaban J connectivity index is 2.33. The summed E-state index contributed by atoms with van der Waals surface area (Å²) in [6.45, 7) is 1.13. The summed E-state index contributed by atoms with van der Waals surface area (Å²) in [7, 11) is 2.14. The minimum Gasteiger partial charge on any atom is -0.374 e. The van der Waals surface area contributed by atoms with Gasteiger partial charge in [-0.3, -0.25) is 4.98 Å². The van der Waals surface area contributed by atoms with Gasteiger partial charge in [0, 0.05) is 30.9 Å². The summed E-state index contributed by atoms with van der Waals surface area (Å²) in [5.41, 5.74) is 3.89. The lowest BCUT2D eigenvalue weighted by atomic mass is 10.1. The molecular formula is C12H12N2. The number of aromatic nitrogens is 1. The number of hydrogen-bond acceptors (Lipinski definition) is 2. The van der Waals surface area contributed by atoms with Gasteiger partial charge < -0.3 is 4.90 Å². The van der Waals surface area contributed by atoms with Gasteiger partial charge >= 0.3 is 0 Å². The van der Waals surface area contributed by atoms with Crippen molar-refractivity contribution in [3.05, 3.63) is 36.0 Å². The Morgan fingerprint density at radius 1 is 1.36 bits per heavy atom. The predicted molar refractivity (Wildman–Crippen MR) is 58.7 cm³/mol. The van der Waals surface area contributed by atoms with Crippen LogP contribution in [0.15, 0.2) is 30.5 Å². The summed E-state index contributed by atoms with van der Waals surface area (Å²) >= 11 is 0. The standard InChI is InChI=1S/C12H12N2/c1-14-6-4-10-7-9-3-2-5-13-11(9)8-12(10)14/h2-3,5,7-8H,4,6H2,1H3. The maximum absolute atomic E-state index is 4.37. The van der Waals surface area contributed by atoms with Crippen LogP contribution in [0.5, 0.6) is 0 Å². The van der Waals surface area contributed by atoms with Crippen molar-refractivity contribution in [3.63, 3.8) is 0 Å². The van der Waals surface area contributed by atoms with Gasteiger partial charge in [0.15, 0.2) is 0 Å². The van der Waals surface area contributed by atoms with Crippen molar-refractivity contribution in [2.45, 2.75) is 6.42 Å². The van der Waals surface area contributed by atoms with Crippen molar-refractivity contribution < 1.29 is 0 Å². The molecule has 2 nitrogen and oxygen atoms in total. The van der Waals surface area contributed by atoms with Crippen LogP contribution in [-0.2, 0) is 6.42 Å². The number of likely N-dealkylation sites (N-methyl/N-ethyl adjacent to an activating group) is 1. The molecule has 2 heterocycles. The van der Waals surface area contributed by atoms with E-state index in [0.29, 0.717) is 0 Å². The number of hydrogen-bond donors (Lipinski definition) is 0. The second kappa shape index (κ2) is 2.71. The van der Waals surface area contributed by atoms with Crippen LogP contribution in [-0.4, -0.2) is 18.6 Å². The summed E-state index contributed by atoms with van der Waals surface area (Å²) in [5.74, 6) is 0. The van der Waals surface area contributed by atoms with Crippen molar-refractivity contribution in [2.24, 2.45) is 0 Å². The molecule has 3 rings (SSSR count). The van der Waals surface area contributed by atoms with Gasteiger partial charge in [-0.25, -0.2) is 0 Å². The Hall–Kier alpha value is -1.57. The SMILES string of the molecule is CN1CCc2cc3cccnc3cc21. The van der Waals surface area contributed by atoms with E-state index in [1.54, 1.807) is 0 Å². The summed E-state index contributed by atoms with van der Waals surface area (Å²) in [5, 5.41) is 1.25. The quantitative estimate of drug-likeness (QED) is 0.624. The molecule has 14 heavy (non-hydrogen) atoms. The van der Waals surface area contributed by atoms with Crippen LogP contribution >= 0.6 is 0 Å². The van der Waals surface area contributed by atoms with Crippen molar-refractivity contribution in [1.82, 2.24) is 4.98 Å². The Bertz CT molecular complexity index is 491. The first-order valence-corrected chi connectivity index (χ1v) is 4.93. The highest BCUT2D eigenvalue weighted by atomic mass is 15.1. The lowest BCUT2D eigenvalue weighted by Gasteiger charge is -2.11. The molecule has 0 N–H and O–H groups in total. The molecule has 2 aromatic rings. The molecule has 0 saturated carbocycles. The molecule has 0 amide bonds. The minimum absolute atomic E-state index is 1.10. The molecule has 1 aromatic carbocycles. The van der Waals surface area contributed by atoms with Crippen LogP contribution in [0.3, 0.4) is 0 Å². The minimum atomic E-state index is 1.10. The fourth-order valence-electron chi connectivity index (χ4n) is 2.12.